The van der Waals surface area contributed by atoms with Crippen LogP contribution in [-0.4, -0.2) is 78.7 Å². The van der Waals surface area contributed by atoms with Crippen molar-refractivity contribution >= 4 is 43.8 Å². The lowest BCUT2D eigenvalue weighted by Gasteiger charge is -2.32. The van der Waals surface area contributed by atoms with Gasteiger partial charge in [0.05, 0.1) is 22.0 Å². The van der Waals surface area contributed by atoms with Crippen molar-refractivity contribution in [3.05, 3.63) is 77.6 Å². The summed E-state index contributed by atoms with van der Waals surface area (Å²) in [4.78, 5) is 17.5. The van der Waals surface area contributed by atoms with E-state index < -0.39 is 15.7 Å². The number of nitrogens with one attached hydrogen (secondary N) is 1. The minimum absolute atomic E-state index is 0.00965. The molecule has 3 heterocycles. The first-order valence-corrected chi connectivity index (χ1v) is 14.5. The monoisotopic (exact) mass is 554 g/mol. The molecule has 11 heteroatoms. The van der Waals surface area contributed by atoms with Crippen LogP contribution in [0.5, 0.6) is 0 Å². The molecule has 198 valence electrons. The molecular formula is C27H28ClFN6O2S. The lowest BCUT2D eigenvalue weighted by molar-refractivity contribution is 0.161. The molecule has 0 spiro atoms. The Bertz CT molecular complexity index is 1560. The molecule has 5 rings (SSSR count). The van der Waals surface area contributed by atoms with E-state index in [2.05, 4.69) is 37.1 Å². The summed E-state index contributed by atoms with van der Waals surface area (Å²) in [7, 11) is -1.21. The average Bonchev–Trinajstić information content (AvgIpc) is 2.90. The second kappa shape index (κ2) is 11.3. The lowest BCUT2D eigenvalue weighted by Crippen LogP contribution is -2.45. The molecule has 0 amide bonds. The highest BCUT2D eigenvalue weighted by Gasteiger charge is 2.19. The van der Waals surface area contributed by atoms with Crippen LogP contribution in [0.25, 0.3) is 22.0 Å². The number of pyridine rings is 1. The second-order valence-corrected chi connectivity index (χ2v) is 12.1. The maximum Gasteiger partial charge on any atom is 0.155 e. The highest BCUT2D eigenvalue weighted by atomic mass is 35.5. The molecule has 1 fully saturated rings. The van der Waals surface area contributed by atoms with Gasteiger partial charge in [0.25, 0.3) is 0 Å². The van der Waals surface area contributed by atoms with E-state index in [4.69, 9.17) is 11.6 Å². The second-order valence-electron chi connectivity index (χ2n) is 9.53. The number of piperazine rings is 1. The number of likely N-dealkylation sites (N-methyl/N-ethyl adjacent to an activating group) is 1. The molecule has 8 nitrogen and oxygen atoms in total. The number of hydrogen-bond donors (Lipinski definition) is 1. The summed E-state index contributed by atoms with van der Waals surface area (Å²) >= 11 is 5.93. The van der Waals surface area contributed by atoms with Gasteiger partial charge < -0.3 is 10.2 Å². The molecule has 1 aliphatic heterocycles. The molecule has 0 radical (unpaired) electrons. The number of benzene rings is 2. The predicted molar refractivity (Wildman–Crippen MR) is 149 cm³/mol. The van der Waals surface area contributed by atoms with E-state index in [0.717, 1.165) is 48.2 Å². The van der Waals surface area contributed by atoms with Crippen LogP contribution in [0.4, 0.5) is 15.9 Å². The van der Waals surface area contributed by atoms with Crippen molar-refractivity contribution in [1.82, 2.24) is 24.8 Å². The van der Waals surface area contributed by atoms with E-state index in [1.54, 1.807) is 18.5 Å². The van der Waals surface area contributed by atoms with Gasteiger partial charge in [-0.3, -0.25) is 9.88 Å². The van der Waals surface area contributed by atoms with Gasteiger partial charge in [0.1, 0.15) is 18.0 Å². The van der Waals surface area contributed by atoms with Crippen LogP contribution in [0.1, 0.15) is 5.56 Å². The van der Waals surface area contributed by atoms with Crippen LogP contribution < -0.4 is 5.32 Å². The van der Waals surface area contributed by atoms with Gasteiger partial charge in [-0.2, -0.15) is 0 Å². The molecule has 0 unspecified atom stereocenters. The maximum atomic E-state index is 13.6. The fourth-order valence-corrected chi connectivity index (χ4v) is 5.96. The van der Waals surface area contributed by atoms with Gasteiger partial charge in [-0.25, -0.2) is 22.8 Å². The van der Waals surface area contributed by atoms with Gasteiger partial charge in [0.15, 0.2) is 9.84 Å². The largest absolute Gasteiger partial charge is 0.340 e. The van der Waals surface area contributed by atoms with E-state index in [1.807, 2.05) is 24.3 Å². The maximum absolute atomic E-state index is 13.6. The molecule has 2 aromatic heterocycles. The number of aromatic nitrogens is 3. The smallest absolute Gasteiger partial charge is 0.155 e. The Morgan fingerprint density at radius 1 is 1.00 bits per heavy atom. The number of anilines is 2. The van der Waals surface area contributed by atoms with Crippen molar-refractivity contribution in [3.8, 4) is 11.1 Å². The number of sulfone groups is 1. The van der Waals surface area contributed by atoms with Gasteiger partial charge in [0, 0.05) is 61.8 Å². The molecule has 38 heavy (non-hydrogen) atoms. The summed E-state index contributed by atoms with van der Waals surface area (Å²) in [6.07, 6.45) is 4.76. The molecule has 0 saturated carbocycles. The van der Waals surface area contributed by atoms with Crippen LogP contribution in [0.2, 0.25) is 5.02 Å². The molecule has 4 aromatic rings. The zero-order chi connectivity index (χ0) is 26.7. The Labute approximate surface area is 226 Å². The fraction of sp³-hybridized carbons (Fsp3) is 0.296. The van der Waals surface area contributed by atoms with Crippen LogP contribution in [-0.2, 0) is 15.6 Å². The summed E-state index contributed by atoms with van der Waals surface area (Å²) < 4.78 is 39.3. The Balaban J connectivity index is 1.34. The van der Waals surface area contributed by atoms with Crippen molar-refractivity contribution in [3.63, 3.8) is 0 Å². The van der Waals surface area contributed by atoms with E-state index in [1.165, 1.54) is 18.5 Å². The SMILES string of the molecule is CN1CCN(CCS(=O)(=O)Cc2cncc(-c3ccc4ncnc(Nc5ccc(F)c(Cl)c5)c4c3)c2)CC1. The Hall–Kier alpha value is -3.18. The van der Waals surface area contributed by atoms with Crippen molar-refractivity contribution in [2.75, 3.05) is 50.8 Å². The Morgan fingerprint density at radius 3 is 2.61 bits per heavy atom. The third kappa shape index (κ3) is 6.44. The zero-order valence-electron chi connectivity index (χ0n) is 20.9. The third-order valence-electron chi connectivity index (χ3n) is 6.65. The van der Waals surface area contributed by atoms with Gasteiger partial charge in [-0.1, -0.05) is 17.7 Å². The molecular weight excluding hydrogens is 527 g/mol. The van der Waals surface area contributed by atoms with Crippen LogP contribution in [0.3, 0.4) is 0 Å². The molecule has 1 saturated heterocycles. The summed E-state index contributed by atoms with van der Waals surface area (Å²) in [5, 5.41) is 3.93. The van der Waals surface area contributed by atoms with Crippen molar-refractivity contribution < 1.29 is 12.8 Å². The number of halogens is 2. The summed E-state index contributed by atoms with van der Waals surface area (Å²) in [6, 6.07) is 11.9. The van der Waals surface area contributed by atoms with Crippen molar-refractivity contribution in [2.45, 2.75) is 5.75 Å². The van der Waals surface area contributed by atoms with Crippen LogP contribution in [0.15, 0.2) is 61.2 Å². The number of nitrogens with zero attached hydrogens (tertiary/aromatic N) is 5. The predicted octanol–water partition coefficient (Wildman–Crippen LogP) is 4.39. The highest BCUT2D eigenvalue weighted by molar-refractivity contribution is 7.90. The van der Waals surface area contributed by atoms with E-state index in [9.17, 15) is 12.8 Å². The van der Waals surface area contributed by atoms with E-state index in [-0.39, 0.29) is 16.5 Å². The minimum atomic E-state index is -3.29. The third-order valence-corrected chi connectivity index (χ3v) is 8.51. The quantitative estimate of drug-likeness (QED) is 0.343. The Kier molecular flexibility index (Phi) is 7.85. The van der Waals surface area contributed by atoms with E-state index >= 15 is 0 Å². The lowest BCUT2D eigenvalue weighted by atomic mass is 10.0. The minimum Gasteiger partial charge on any atom is -0.340 e. The first-order valence-electron chi connectivity index (χ1n) is 12.3. The molecule has 2 aromatic carbocycles. The summed E-state index contributed by atoms with van der Waals surface area (Å²) in [5.41, 5.74) is 3.59. The Morgan fingerprint density at radius 2 is 1.82 bits per heavy atom. The number of fused-ring (bicyclic) bond motifs is 1. The first-order chi connectivity index (χ1) is 18.3. The summed E-state index contributed by atoms with van der Waals surface area (Å²) in [6.45, 7) is 4.23. The molecule has 1 aliphatic rings. The van der Waals surface area contributed by atoms with Gasteiger partial charge in [0.2, 0.25) is 0 Å². The van der Waals surface area contributed by atoms with Gasteiger partial charge in [-0.05, 0) is 54.6 Å². The number of rotatable bonds is 8. The van der Waals surface area contributed by atoms with Crippen molar-refractivity contribution in [1.29, 1.82) is 0 Å². The standard InChI is InChI=1S/C27H28ClFN6O2S/c1-34-6-8-35(9-7-34)10-11-38(36,37)17-19-12-21(16-30-15-19)20-2-5-26-23(13-20)27(32-18-31-26)33-22-3-4-25(29)24(28)14-22/h2-5,12-16,18H,6-11,17H2,1H3,(H,31,32,33). The van der Waals surface area contributed by atoms with Crippen molar-refractivity contribution in [2.24, 2.45) is 0 Å². The molecule has 0 atom stereocenters. The fourth-order valence-electron chi connectivity index (χ4n) is 4.44. The zero-order valence-corrected chi connectivity index (χ0v) is 22.5. The van der Waals surface area contributed by atoms with Gasteiger partial charge in [-0.15, -0.1) is 0 Å². The highest BCUT2D eigenvalue weighted by Crippen LogP contribution is 2.30. The average molecular weight is 555 g/mol. The molecule has 0 aliphatic carbocycles. The van der Waals surface area contributed by atoms with Crippen LogP contribution in [0, 0.1) is 5.82 Å². The molecule has 0 bridgehead atoms. The normalized spacial score (nSPS) is 15.1. The first kappa shape index (κ1) is 26.4. The van der Waals surface area contributed by atoms with E-state index in [0.29, 0.717) is 23.6 Å². The van der Waals surface area contributed by atoms with Gasteiger partial charge >= 0.3 is 0 Å². The van der Waals surface area contributed by atoms with Crippen LogP contribution >= 0.6 is 11.6 Å². The number of hydrogen-bond acceptors (Lipinski definition) is 8. The molecule has 1 N–H and O–H groups in total. The topological polar surface area (TPSA) is 91.3 Å². The summed E-state index contributed by atoms with van der Waals surface area (Å²) in [5.74, 6) is 0.100.